The lowest BCUT2D eigenvalue weighted by atomic mass is 9.96. The third-order valence-corrected chi connectivity index (χ3v) is 8.27. The number of carboxylic acid groups (broad SMARTS) is 3. The molecule has 3 aromatic carbocycles. The van der Waals surface area contributed by atoms with Gasteiger partial charge in [0, 0.05) is 5.56 Å². The predicted octanol–water partition coefficient (Wildman–Crippen LogP) is 4.08. The molecule has 0 radical (unpaired) electrons. The molecule has 0 bridgehead atoms. The molecule has 0 aliphatic carbocycles. The SMILES string of the molecule is COc1ccc(-c2nn([C@@H](C)c3nc4cccc(Cl)c4c(=O)n3-c3ccccc3)c3ncnc(N)c23)c(F)c1F.O=C(O)CC(O)(CC(=O)O)C(=O)O. The number of aliphatic carboxylic acids is 3. The van der Waals surface area contributed by atoms with Gasteiger partial charge in [0.15, 0.2) is 22.8 Å². The number of halogens is 3. The summed E-state index contributed by atoms with van der Waals surface area (Å²) in [6.07, 6.45) is -1.04. The maximum absolute atomic E-state index is 15.2. The Kier molecular flexibility index (Phi) is 10.7. The van der Waals surface area contributed by atoms with Gasteiger partial charge >= 0.3 is 17.9 Å². The number of aromatic nitrogens is 6. The number of nitrogens with zero attached hydrogens (tertiary/aromatic N) is 6. The number of methoxy groups -OCH3 is 1. The average molecular weight is 752 g/mol. The minimum absolute atomic E-state index is 0.0211. The fourth-order valence-electron chi connectivity index (χ4n) is 5.46. The molecule has 53 heavy (non-hydrogen) atoms. The zero-order chi connectivity index (χ0) is 38.8. The minimum Gasteiger partial charge on any atom is -0.494 e. The molecule has 0 aliphatic heterocycles. The molecular weight excluding hydrogens is 724 g/mol. The van der Waals surface area contributed by atoms with E-state index in [1.54, 1.807) is 49.4 Å². The standard InChI is InChI=1S/C28H20ClF2N7O2.C6H8O7/c1-14(26-35-18-10-6-9-17(29)20(18)28(39)37(26)15-7-4-3-5-8-15)38-27-21(25(32)33-13-34-27)24(36-38)16-11-12-19(40-2)23(31)22(16)30;7-3(8)1-6(13,5(11)12)2-4(9)10/h3-14H,1-2H3,(H2,32,33,34);13H,1-2H2,(H,7,8)(H,9,10)(H,11,12)/t14-;/m0./s1. The molecule has 19 heteroatoms. The molecule has 3 aromatic heterocycles. The molecule has 0 amide bonds. The zero-order valence-corrected chi connectivity index (χ0v) is 28.3. The number of carbonyl (C=O) groups is 3. The summed E-state index contributed by atoms with van der Waals surface area (Å²) >= 11 is 6.41. The van der Waals surface area contributed by atoms with E-state index in [1.807, 2.05) is 6.07 Å². The highest BCUT2D eigenvalue weighted by Gasteiger charge is 2.40. The van der Waals surface area contributed by atoms with Crippen molar-refractivity contribution >= 4 is 57.3 Å². The highest BCUT2D eigenvalue weighted by Crippen LogP contribution is 2.37. The van der Waals surface area contributed by atoms with E-state index in [1.165, 1.54) is 34.8 Å². The quantitative estimate of drug-likeness (QED) is 0.132. The number of rotatable bonds is 10. The Morgan fingerprint density at radius 1 is 0.943 bits per heavy atom. The molecule has 274 valence electrons. The highest BCUT2D eigenvalue weighted by atomic mass is 35.5. The third kappa shape index (κ3) is 7.30. The van der Waals surface area contributed by atoms with Gasteiger partial charge in [0.25, 0.3) is 5.56 Å². The first-order valence-electron chi connectivity index (χ1n) is 15.3. The molecule has 0 saturated carbocycles. The molecule has 6 rings (SSSR count). The van der Waals surface area contributed by atoms with Crippen LogP contribution in [0.15, 0.2) is 71.8 Å². The molecule has 16 nitrogen and oxygen atoms in total. The Bertz CT molecular complexity index is 2440. The molecule has 0 unspecified atom stereocenters. The van der Waals surface area contributed by atoms with E-state index in [9.17, 15) is 23.6 Å². The van der Waals surface area contributed by atoms with Crippen molar-refractivity contribution in [3.63, 3.8) is 0 Å². The second-order valence-electron chi connectivity index (χ2n) is 11.4. The smallest absolute Gasteiger partial charge is 0.336 e. The molecule has 0 fully saturated rings. The largest absolute Gasteiger partial charge is 0.494 e. The van der Waals surface area contributed by atoms with E-state index in [0.29, 0.717) is 17.0 Å². The Balaban J connectivity index is 0.000000357. The van der Waals surface area contributed by atoms with Gasteiger partial charge in [-0.3, -0.25) is 19.0 Å². The van der Waals surface area contributed by atoms with E-state index in [2.05, 4.69) is 15.1 Å². The van der Waals surface area contributed by atoms with Gasteiger partial charge in [-0.2, -0.15) is 9.49 Å². The first kappa shape index (κ1) is 37.7. The van der Waals surface area contributed by atoms with Crippen LogP contribution in [0.2, 0.25) is 5.02 Å². The van der Waals surface area contributed by atoms with Crippen molar-refractivity contribution in [3.8, 4) is 22.7 Å². The Morgan fingerprint density at radius 2 is 1.60 bits per heavy atom. The van der Waals surface area contributed by atoms with Crippen LogP contribution in [0.4, 0.5) is 14.6 Å². The highest BCUT2D eigenvalue weighted by molar-refractivity contribution is 6.35. The molecular formula is C34H28ClF2N7O9. The van der Waals surface area contributed by atoms with Crippen molar-refractivity contribution < 1.29 is 48.3 Å². The molecule has 0 saturated heterocycles. The number of para-hydroxylation sites is 1. The van der Waals surface area contributed by atoms with Crippen LogP contribution in [0, 0.1) is 11.6 Å². The van der Waals surface area contributed by atoms with Crippen LogP contribution in [0.3, 0.4) is 0 Å². The fraction of sp³-hybridized carbons (Fsp3) is 0.176. The number of hydrogen-bond acceptors (Lipinski definition) is 11. The maximum Gasteiger partial charge on any atom is 0.336 e. The Labute approximate surface area is 301 Å². The summed E-state index contributed by atoms with van der Waals surface area (Å²) in [4.78, 5) is 57.5. The average Bonchev–Trinajstić information content (AvgIpc) is 3.49. The first-order valence-corrected chi connectivity index (χ1v) is 15.6. The first-order chi connectivity index (χ1) is 25.1. The summed E-state index contributed by atoms with van der Waals surface area (Å²) in [5.41, 5.74) is 4.13. The summed E-state index contributed by atoms with van der Waals surface area (Å²) in [5, 5.41) is 39.2. The molecule has 6 N–H and O–H groups in total. The van der Waals surface area contributed by atoms with Gasteiger partial charge < -0.3 is 30.9 Å². The van der Waals surface area contributed by atoms with Crippen LogP contribution in [0.5, 0.6) is 5.75 Å². The number of aliphatic hydroxyl groups is 1. The van der Waals surface area contributed by atoms with Crippen LogP contribution >= 0.6 is 11.6 Å². The van der Waals surface area contributed by atoms with Crippen LogP contribution in [0.25, 0.3) is 38.9 Å². The van der Waals surface area contributed by atoms with Crippen LogP contribution in [-0.2, 0) is 14.4 Å². The van der Waals surface area contributed by atoms with Crippen LogP contribution in [0.1, 0.15) is 31.6 Å². The zero-order valence-electron chi connectivity index (χ0n) is 27.6. The number of benzene rings is 3. The van der Waals surface area contributed by atoms with Gasteiger partial charge in [-0.05, 0) is 43.3 Å². The molecule has 1 atom stereocenters. The van der Waals surface area contributed by atoms with E-state index in [0.717, 1.165) is 0 Å². The number of hydrogen-bond donors (Lipinski definition) is 5. The molecule has 0 spiro atoms. The van der Waals surface area contributed by atoms with E-state index in [-0.39, 0.29) is 49.8 Å². The van der Waals surface area contributed by atoms with Crippen molar-refractivity contribution in [2.45, 2.75) is 31.4 Å². The second kappa shape index (κ2) is 15.0. The van der Waals surface area contributed by atoms with E-state index >= 15 is 4.39 Å². The van der Waals surface area contributed by atoms with Gasteiger partial charge in [-0.25, -0.2) is 28.8 Å². The minimum atomic E-state index is -2.74. The third-order valence-electron chi connectivity index (χ3n) is 7.95. The lowest BCUT2D eigenvalue weighted by molar-refractivity contribution is -0.170. The van der Waals surface area contributed by atoms with Crippen molar-refractivity contribution in [2.75, 3.05) is 12.8 Å². The lowest BCUT2D eigenvalue weighted by Crippen LogP contribution is -2.42. The van der Waals surface area contributed by atoms with Crippen LogP contribution < -0.4 is 16.0 Å². The Hall–Kier alpha value is -6.53. The monoisotopic (exact) mass is 751 g/mol. The maximum atomic E-state index is 15.2. The summed E-state index contributed by atoms with van der Waals surface area (Å²) in [7, 11) is 1.24. The van der Waals surface area contributed by atoms with Crippen molar-refractivity contribution in [1.29, 1.82) is 0 Å². The normalized spacial score (nSPS) is 11.9. The van der Waals surface area contributed by atoms with Crippen molar-refractivity contribution in [1.82, 2.24) is 29.3 Å². The van der Waals surface area contributed by atoms with Gasteiger partial charge in [0.1, 0.15) is 29.7 Å². The summed E-state index contributed by atoms with van der Waals surface area (Å²) in [6.45, 7) is 1.76. The van der Waals surface area contributed by atoms with Gasteiger partial charge in [0.05, 0.1) is 47.0 Å². The van der Waals surface area contributed by atoms with Crippen molar-refractivity contribution in [3.05, 3.63) is 99.8 Å². The van der Waals surface area contributed by atoms with Gasteiger partial charge in [-0.1, -0.05) is 35.9 Å². The lowest BCUT2D eigenvalue weighted by Gasteiger charge is -2.19. The van der Waals surface area contributed by atoms with E-state index < -0.39 is 54.0 Å². The Morgan fingerprint density at radius 3 is 2.21 bits per heavy atom. The van der Waals surface area contributed by atoms with Gasteiger partial charge in [0.2, 0.25) is 5.82 Å². The van der Waals surface area contributed by atoms with Gasteiger partial charge in [-0.15, -0.1) is 0 Å². The number of carboxylic acids is 3. The summed E-state index contributed by atoms with van der Waals surface area (Å²) < 4.78 is 37.7. The summed E-state index contributed by atoms with van der Waals surface area (Å²) in [5.74, 6) is -7.28. The number of anilines is 1. The molecule has 0 aliphatic rings. The number of nitrogens with two attached hydrogens (primary N) is 1. The van der Waals surface area contributed by atoms with Crippen LogP contribution in [-0.4, -0.2) is 80.3 Å². The molecule has 3 heterocycles. The second-order valence-corrected chi connectivity index (χ2v) is 11.8. The number of nitrogen functional groups attached to an aromatic ring is 1. The number of ether oxygens (including phenoxy) is 1. The predicted molar refractivity (Wildman–Crippen MR) is 185 cm³/mol. The fourth-order valence-corrected chi connectivity index (χ4v) is 5.71. The summed E-state index contributed by atoms with van der Waals surface area (Å²) in [6, 6.07) is 15.9. The topological polar surface area (TPSA) is 246 Å². The van der Waals surface area contributed by atoms with Crippen molar-refractivity contribution in [2.24, 2.45) is 0 Å². The number of fused-ring (bicyclic) bond motifs is 2. The van der Waals surface area contributed by atoms with E-state index in [4.69, 9.17) is 47.5 Å². The molecule has 6 aromatic rings.